The summed E-state index contributed by atoms with van der Waals surface area (Å²) in [4.78, 5) is 1.40. The average Bonchev–Trinajstić information content (AvgIpc) is 2.40. The first-order valence-electron chi connectivity index (χ1n) is 6.81. The topological polar surface area (TPSA) is 12.0 Å². The highest BCUT2D eigenvalue weighted by atomic mass is 32.2. The fourth-order valence-electron chi connectivity index (χ4n) is 2.46. The van der Waals surface area contributed by atoms with Crippen LogP contribution in [0.15, 0.2) is 29.2 Å². The van der Waals surface area contributed by atoms with Gasteiger partial charge in [-0.3, -0.25) is 0 Å². The van der Waals surface area contributed by atoms with Gasteiger partial charge in [-0.15, -0.1) is 11.8 Å². The number of piperidine rings is 1. The van der Waals surface area contributed by atoms with Crippen molar-refractivity contribution >= 4 is 11.8 Å². The Labute approximate surface area is 109 Å². The monoisotopic (exact) mass is 249 g/mol. The number of hydrogen-bond acceptors (Lipinski definition) is 2. The fourth-order valence-corrected chi connectivity index (χ4v) is 3.12. The number of rotatable bonds is 5. The van der Waals surface area contributed by atoms with Crippen molar-refractivity contribution in [1.82, 2.24) is 5.32 Å². The van der Waals surface area contributed by atoms with Gasteiger partial charge in [0.25, 0.3) is 0 Å². The van der Waals surface area contributed by atoms with E-state index in [1.165, 1.54) is 49.2 Å². The van der Waals surface area contributed by atoms with Crippen molar-refractivity contribution in [2.24, 2.45) is 5.92 Å². The van der Waals surface area contributed by atoms with E-state index in [0.717, 1.165) is 11.7 Å². The first kappa shape index (κ1) is 13.0. The van der Waals surface area contributed by atoms with Crippen LogP contribution in [0.4, 0.5) is 0 Å². The van der Waals surface area contributed by atoms with Crippen molar-refractivity contribution in [2.75, 3.05) is 18.8 Å². The zero-order valence-corrected chi connectivity index (χ0v) is 11.6. The Kier molecular flexibility index (Phi) is 5.40. The van der Waals surface area contributed by atoms with E-state index < -0.39 is 0 Å². The third-order valence-corrected chi connectivity index (χ3v) is 4.43. The van der Waals surface area contributed by atoms with Crippen LogP contribution in [0, 0.1) is 5.92 Å². The summed E-state index contributed by atoms with van der Waals surface area (Å²) in [6, 6.07) is 9.15. The van der Waals surface area contributed by atoms with Crippen molar-refractivity contribution in [1.29, 1.82) is 0 Å². The molecule has 0 radical (unpaired) electrons. The lowest BCUT2D eigenvalue weighted by atomic mass is 9.91. The van der Waals surface area contributed by atoms with E-state index >= 15 is 0 Å². The van der Waals surface area contributed by atoms with Gasteiger partial charge in [-0.1, -0.05) is 19.1 Å². The number of nitrogens with one attached hydrogen (secondary N) is 1. The Balaban J connectivity index is 1.77. The van der Waals surface area contributed by atoms with Gasteiger partial charge in [0.1, 0.15) is 0 Å². The van der Waals surface area contributed by atoms with Crippen molar-refractivity contribution in [2.45, 2.75) is 37.5 Å². The van der Waals surface area contributed by atoms with Crippen LogP contribution in [-0.4, -0.2) is 18.8 Å². The molecule has 0 aromatic heterocycles. The van der Waals surface area contributed by atoms with Gasteiger partial charge >= 0.3 is 0 Å². The van der Waals surface area contributed by atoms with E-state index in [9.17, 15) is 0 Å². The van der Waals surface area contributed by atoms with Gasteiger partial charge in [0.05, 0.1) is 0 Å². The van der Waals surface area contributed by atoms with Gasteiger partial charge in [0.2, 0.25) is 0 Å². The molecule has 0 amide bonds. The van der Waals surface area contributed by atoms with Crippen LogP contribution in [0.3, 0.4) is 0 Å². The molecule has 1 saturated heterocycles. The molecule has 1 aromatic carbocycles. The largest absolute Gasteiger partial charge is 0.317 e. The van der Waals surface area contributed by atoms with Gasteiger partial charge in [0.15, 0.2) is 0 Å². The lowest BCUT2D eigenvalue weighted by Crippen LogP contribution is -2.27. The molecule has 1 aromatic rings. The minimum absolute atomic E-state index is 0.945. The average molecular weight is 249 g/mol. The molecular weight excluding hydrogens is 226 g/mol. The van der Waals surface area contributed by atoms with Crippen LogP contribution >= 0.6 is 11.8 Å². The van der Waals surface area contributed by atoms with E-state index in [1.807, 2.05) is 11.8 Å². The molecule has 0 atom stereocenters. The first-order valence-corrected chi connectivity index (χ1v) is 7.79. The summed E-state index contributed by atoms with van der Waals surface area (Å²) >= 11 is 1.92. The maximum Gasteiger partial charge on any atom is 0.00720 e. The molecule has 0 aliphatic carbocycles. The van der Waals surface area contributed by atoms with Crippen LogP contribution in [0.5, 0.6) is 0 Å². The standard InChI is InChI=1S/C15H23NS/c1-2-17-15-7-5-13(6-8-15)3-4-14-9-11-16-12-10-14/h5-8,14,16H,2-4,9-12H2,1H3. The molecule has 1 aliphatic heterocycles. The Morgan fingerprint density at radius 2 is 1.88 bits per heavy atom. The second kappa shape index (κ2) is 7.07. The van der Waals surface area contributed by atoms with E-state index in [1.54, 1.807) is 0 Å². The molecule has 0 unspecified atom stereocenters. The summed E-state index contributed by atoms with van der Waals surface area (Å²) in [7, 11) is 0. The first-order chi connectivity index (χ1) is 8.38. The molecule has 1 N–H and O–H groups in total. The molecule has 2 heteroatoms. The Bertz CT molecular complexity index is 314. The maximum atomic E-state index is 3.43. The van der Waals surface area contributed by atoms with Crippen molar-refractivity contribution in [3.8, 4) is 0 Å². The number of thioether (sulfide) groups is 1. The fraction of sp³-hybridized carbons (Fsp3) is 0.600. The lowest BCUT2D eigenvalue weighted by Gasteiger charge is -2.22. The van der Waals surface area contributed by atoms with Crippen LogP contribution in [0.25, 0.3) is 0 Å². The van der Waals surface area contributed by atoms with Crippen molar-refractivity contribution in [3.05, 3.63) is 29.8 Å². The normalized spacial score (nSPS) is 17.2. The third-order valence-electron chi connectivity index (χ3n) is 3.53. The van der Waals surface area contributed by atoms with E-state index in [4.69, 9.17) is 0 Å². The van der Waals surface area contributed by atoms with Crippen molar-refractivity contribution in [3.63, 3.8) is 0 Å². The molecule has 94 valence electrons. The quantitative estimate of drug-likeness (QED) is 0.798. The molecular formula is C15H23NS. The summed E-state index contributed by atoms with van der Waals surface area (Å²) in [5.74, 6) is 2.11. The van der Waals surface area contributed by atoms with Crippen LogP contribution in [0.2, 0.25) is 0 Å². The Morgan fingerprint density at radius 1 is 1.18 bits per heavy atom. The molecule has 1 heterocycles. The summed E-state index contributed by atoms with van der Waals surface area (Å²) in [5.41, 5.74) is 1.50. The summed E-state index contributed by atoms with van der Waals surface area (Å²) < 4.78 is 0. The summed E-state index contributed by atoms with van der Waals surface area (Å²) in [6.45, 7) is 4.64. The van der Waals surface area contributed by atoms with E-state index in [-0.39, 0.29) is 0 Å². The number of benzene rings is 1. The zero-order chi connectivity index (χ0) is 11.9. The van der Waals surface area contributed by atoms with Gasteiger partial charge in [-0.2, -0.15) is 0 Å². The van der Waals surface area contributed by atoms with E-state index in [2.05, 4.69) is 36.5 Å². The minimum atomic E-state index is 0.945. The van der Waals surface area contributed by atoms with Gasteiger partial charge in [-0.05, 0) is 68.1 Å². The zero-order valence-electron chi connectivity index (χ0n) is 10.7. The van der Waals surface area contributed by atoms with Crippen molar-refractivity contribution < 1.29 is 0 Å². The lowest BCUT2D eigenvalue weighted by molar-refractivity contribution is 0.354. The second-order valence-electron chi connectivity index (χ2n) is 4.81. The predicted molar refractivity (Wildman–Crippen MR) is 76.8 cm³/mol. The van der Waals surface area contributed by atoms with Crippen LogP contribution < -0.4 is 5.32 Å². The molecule has 0 saturated carbocycles. The number of aryl methyl sites for hydroxylation is 1. The Morgan fingerprint density at radius 3 is 2.53 bits per heavy atom. The maximum absolute atomic E-state index is 3.43. The summed E-state index contributed by atoms with van der Waals surface area (Å²) in [5, 5.41) is 3.43. The highest BCUT2D eigenvalue weighted by molar-refractivity contribution is 7.99. The highest BCUT2D eigenvalue weighted by Crippen LogP contribution is 2.21. The van der Waals surface area contributed by atoms with Crippen LogP contribution in [-0.2, 0) is 6.42 Å². The van der Waals surface area contributed by atoms with Gasteiger partial charge in [-0.25, -0.2) is 0 Å². The minimum Gasteiger partial charge on any atom is -0.317 e. The molecule has 1 fully saturated rings. The van der Waals surface area contributed by atoms with E-state index in [0.29, 0.717) is 0 Å². The summed E-state index contributed by atoms with van der Waals surface area (Å²) in [6.07, 6.45) is 5.34. The highest BCUT2D eigenvalue weighted by Gasteiger charge is 2.12. The second-order valence-corrected chi connectivity index (χ2v) is 6.15. The smallest absolute Gasteiger partial charge is 0.00720 e. The molecule has 1 aliphatic rings. The van der Waals surface area contributed by atoms with Gasteiger partial charge < -0.3 is 5.32 Å². The van der Waals surface area contributed by atoms with Crippen LogP contribution in [0.1, 0.15) is 31.7 Å². The molecule has 2 rings (SSSR count). The molecule has 0 bridgehead atoms. The third kappa shape index (κ3) is 4.36. The predicted octanol–water partition coefficient (Wildman–Crippen LogP) is 3.73. The number of hydrogen-bond donors (Lipinski definition) is 1. The van der Waals surface area contributed by atoms with Gasteiger partial charge in [0, 0.05) is 4.90 Å². The molecule has 1 nitrogen and oxygen atoms in total. The SMILES string of the molecule is CCSc1ccc(CCC2CCNCC2)cc1. The molecule has 0 spiro atoms. The molecule has 17 heavy (non-hydrogen) atoms. The Hall–Kier alpha value is -0.470.